The van der Waals surface area contributed by atoms with E-state index in [0.29, 0.717) is 5.75 Å². The number of para-hydroxylation sites is 1. The fourth-order valence-electron chi connectivity index (χ4n) is 2.66. The van der Waals surface area contributed by atoms with Crippen LogP contribution in [-0.4, -0.2) is 21.9 Å². The summed E-state index contributed by atoms with van der Waals surface area (Å²) in [6.45, 7) is 0.288. The van der Waals surface area contributed by atoms with Crippen molar-refractivity contribution in [3.8, 4) is 5.75 Å². The summed E-state index contributed by atoms with van der Waals surface area (Å²) >= 11 is 5.01. The highest BCUT2D eigenvalue weighted by Gasteiger charge is 2.15. The summed E-state index contributed by atoms with van der Waals surface area (Å²) in [6, 6.07) is 21.4. The molecule has 0 saturated carbocycles. The van der Waals surface area contributed by atoms with E-state index in [1.165, 1.54) is 18.2 Å². The molecule has 0 aliphatic heterocycles. The third-order valence-corrected chi connectivity index (χ3v) is 4.41. The van der Waals surface area contributed by atoms with Gasteiger partial charge in [0.15, 0.2) is 5.11 Å². The van der Waals surface area contributed by atoms with Gasteiger partial charge in [0, 0.05) is 17.7 Å². The number of nitro groups is 1. The van der Waals surface area contributed by atoms with Crippen molar-refractivity contribution in [1.82, 2.24) is 16.2 Å². The monoisotopic (exact) mass is 450 g/mol. The van der Waals surface area contributed by atoms with Crippen LogP contribution in [0.1, 0.15) is 26.3 Å². The Hall–Kier alpha value is -4.31. The Labute approximate surface area is 188 Å². The maximum atomic E-state index is 12.6. The second-order valence-corrected chi connectivity index (χ2v) is 6.85. The maximum absolute atomic E-state index is 12.6. The van der Waals surface area contributed by atoms with Gasteiger partial charge < -0.3 is 4.74 Å². The van der Waals surface area contributed by atoms with Crippen molar-refractivity contribution in [2.75, 3.05) is 0 Å². The molecule has 162 valence electrons. The number of benzene rings is 3. The smallest absolute Gasteiger partial charge is 0.273 e. The quantitative estimate of drug-likeness (QED) is 0.300. The number of carbonyl (C=O) groups is 2. The van der Waals surface area contributed by atoms with Crippen molar-refractivity contribution in [1.29, 1.82) is 0 Å². The van der Waals surface area contributed by atoms with Gasteiger partial charge in [0.2, 0.25) is 0 Å². The van der Waals surface area contributed by atoms with E-state index in [-0.39, 0.29) is 28.5 Å². The highest BCUT2D eigenvalue weighted by molar-refractivity contribution is 7.80. The van der Waals surface area contributed by atoms with Crippen LogP contribution in [0, 0.1) is 10.1 Å². The molecule has 0 saturated heterocycles. The number of thiocarbonyl (C=S) groups is 1. The Morgan fingerprint density at radius 2 is 1.62 bits per heavy atom. The van der Waals surface area contributed by atoms with Gasteiger partial charge in [0.05, 0.1) is 10.5 Å². The second kappa shape index (κ2) is 10.6. The number of hydrazine groups is 1. The number of carbonyl (C=O) groups excluding carboxylic acids is 2. The Balaban J connectivity index is 1.56. The molecule has 0 unspecified atom stereocenters. The number of hydrogen-bond donors (Lipinski definition) is 3. The molecule has 10 heteroatoms. The Bertz CT molecular complexity index is 1150. The summed E-state index contributed by atoms with van der Waals surface area (Å²) in [6.07, 6.45) is 0. The number of ether oxygens (including phenoxy) is 1. The number of nitrogens with one attached hydrogen (secondary N) is 3. The highest BCUT2D eigenvalue weighted by Crippen LogP contribution is 2.19. The van der Waals surface area contributed by atoms with Gasteiger partial charge >= 0.3 is 0 Å². The first-order valence-corrected chi connectivity index (χ1v) is 9.77. The van der Waals surface area contributed by atoms with Crippen LogP contribution in [0.15, 0.2) is 78.9 Å². The van der Waals surface area contributed by atoms with Gasteiger partial charge in [-0.25, -0.2) is 0 Å². The molecule has 3 aromatic carbocycles. The van der Waals surface area contributed by atoms with Crippen LogP contribution < -0.4 is 20.9 Å². The van der Waals surface area contributed by atoms with E-state index in [4.69, 9.17) is 17.0 Å². The maximum Gasteiger partial charge on any atom is 0.273 e. The lowest BCUT2D eigenvalue weighted by molar-refractivity contribution is -0.384. The number of nitrogens with zero attached hydrogens (tertiary/aromatic N) is 1. The summed E-state index contributed by atoms with van der Waals surface area (Å²) in [4.78, 5) is 35.0. The normalized spacial score (nSPS) is 10.0. The number of rotatable bonds is 6. The molecule has 0 heterocycles. The lowest BCUT2D eigenvalue weighted by Crippen LogP contribution is -2.48. The topological polar surface area (TPSA) is 123 Å². The molecule has 0 aromatic heterocycles. The zero-order valence-electron chi connectivity index (χ0n) is 16.6. The summed E-state index contributed by atoms with van der Waals surface area (Å²) < 4.78 is 5.76. The predicted octanol–water partition coefficient (Wildman–Crippen LogP) is 3.12. The van der Waals surface area contributed by atoms with Gasteiger partial charge in [-0.15, -0.1) is 0 Å². The molecule has 0 aliphatic carbocycles. The van der Waals surface area contributed by atoms with Crippen LogP contribution in [0.2, 0.25) is 0 Å². The number of hydrogen-bond acceptors (Lipinski definition) is 6. The number of nitro benzene ring substituents is 1. The molecular weight excluding hydrogens is 432 g/mol. The Kier molecular flexibility index (Phi) is 7.44. The van der Waals surface area contributed by atoms with Crippen molar-refractivity contribution in [3.63, 3.8) is 0 Å². The molecule has 0 atom stereocenters. The van der Waals surface area contributed by atoms with Crippen molar-refractivity contribution < 1.29 is 19.2 Å². The van der Waals surface area contributed by atoms with Gasteiger partial charge in [0.25, 0.3) is 17.5 Å². The third-order valence-electron chi connectivity index (χ3n) is 4.20. The minimum Gasteiger partial charge on any atom is -0.488 e. The predicted molar refractivity (Wildman–Crippen MR) is 121 cm³/mol. The standard InChI is InChI=1S/C22H18N4O5S/c27-20(16-9-6-10-17(13-16)26(29)30)23-22(32)25-24-21(28)18-11-4-5-12-19(18)31-14-15-7-2-1-3-8-15/h1-13H,14H2,(H,24,28)(H2,23,25,27,32). The largest absolute Gasteiger partial charge is 0.488 e. The molecule has 9 nitrogen and oxygen atoms in total. The van der Waals surface area contributed by atoms with Crippen molar-refractivity contribution in [2.24, 2.45) is 0 Å². The average molecular weight is 450 g/mol. The Morgan fingerprint density at radius 1 is 0.906 bits per heavy atom. The lowest BCUT2D eigenvalue weighted by Gasteiger charge is -2.13. The minimum atomic E-state index is -0.660. The van der Waals surface area contributed by atoms with Crippen molar-refractivity contribution >= 4 is 34.8 Å². The first-order valence-electron chi connectivity index (χ1n) is 9.36. The van der Waals surface area contributed by atoms with Gasteiger partial charge in [-0.05, 0) is 36.0 Å². The SMILES string of the molecule is O=C(NC(=S)NNC(=O)c1ccccc1OCc1ccccc1)c1cccc([N+](=O)[O-])c1. The molecule has 2 amide bonds. The van der Waals surface area contributed by atoms with E-state index in [2.05, 4.69) is 16.2 Å². The van der Waals surface area contributed by atoms with E-state index in [1.54, 1.807) is 24.3 Å². The van der Waals surface area contributed by atoms with Gasteiger partial charge in [-0.1, -0.05) is 48.5 Å². The summed E-state index contributed by atoms with van der Waals surface area (Å²) in [7, 11) is 0. The number of amides is 2. The van der Waals surface area contributed by atoms with E-state index < -0.39 is 16.7 Å². The van der Waals surface area contributed by atoms with Gasteiger partial charge in [-0.3, -0.25) is 35.9 Å². The molecule has 0 spiro atoms. The third kappa shape index (κ3) is 6.09. The van der Waals surface area contributed by atoms with E-state index in [9.17, 15) is 19.7 Å². The molecule has 0 bridgehead atoms. The number of non-ortho nitro benzene ring substituents is 1. The molecule has 32 heavy (non-hydrogen) atoms. The molecule has 3 aromatic rings. The Morgan fingerprint density at radius 3 is 2.38 bits per heavy atom. The molecule has 3 rings (SSSR count). The molecule has 0 aliphatic rings. The molecule has 0 radical (unpaired) electrons. The van der Waals surface area contributed by atoms with E-state index in [0.717, 1.165) is 11.6 Å². The van der Waals surface area contributed by atoms with Crippen LogP contribution >= 0.6 is 12.2 Å². The summed E-state index contributed by atoms with van der Waals surface area (Å²) in [5, 5.41) is 13.0. The summed E-state index contributed by atoms with van der Waals surface area (Å²) in [5.41, 5.74) is 5.86. The lowest BCUT2D eigenvalue weighted by atomic mass is 10.2. The molecular formula is C22H18N4O5S. The van der Waals surface area contributed by atoms with Gasteiger partial charge in [-0.2, -0.15) is 0 Å². The summed E-state index contributed by atoms with van der Waals surface area (Å²) in [5.74, 6) is -0.810. The minimum absolute atomic E-state index is 0.0503. The molecule has 3 N–H and O–H groups in total. The van der Waals surface area contributed by atoms with Crippen LogP contribution in [0.5, 0.6) is 5.75 Å². The zero-order chi connectivity index (χ0) is 22.9. The second-order valence-electron chi connectivity index (χ2n) is 6.44. The average Bonchev–Trinajstić information content (AvgIpc) is 2.82. The first kappa shape index (κ1) is 22.4. The zero-order valence-corrected chi connectivity index (χ0v) is 17.4. The van der Waals surface area contributed by atoms with E-state index in [1.807, 2.05) is 30.3 Å². The van der Waals surface area contributed by atoms with Crippen LogP contribution in [0.25, 0.3) is 0 Å². The van der Waals surface area contributed by atoms with E-state index >= 15 is 0 Å². The highest BCUT2D eigenvalue weighted by atomic mass is 32.1. The van der Waals surface area contributed by atoms with Crippen LogP contribution in [0.3, 0.4) is 0 Å². The fraction of sp³-hybridized carbons (Fsp3) is 0.0455. The fourth-order valence-corrected chi connectivity index (χ4v) is 2.81. The van der Waals surface area contributed by atoms with Crippen LogP contribution in [-0.2, 0) is 6.61 Å². The van der Waals surface area contributed by atoms with Crippen molar-refractivity contribution in [3.05, 3.63) is 106 Å². The molecule has 0 fully saturated rings. The van der Waals surface area contributed by atoms with Crippen LogP contribution in [0.4, 0.5) is 5.69 Å². The van der Waals surface area contributed by atoms with Gasteiger partial charge in [0.1, 0.15) is 12.4 Å². The first-order chi connectivity index (χ1) is 15.4. The van der Waals surface area contributed by atoms with Crippen molar-refractivity contribution in [2.45, 2.75) is 6.61 Å².